The summed E-state index contributed by atoms with van der Waals surface area (Å²) in [6, 6.07) is 0. The Labute approximate surface area is 588 Å². The summed E-state index contributed by atoms with van der Waals surface area (Å²) in [6.07, 6.45) is 85.2. The number of allylic oxidation sites excluding steroid dienone is 22. The fourth-order valence-electron chi connectivity index (χ4n) is 9.74. The van der Waals surface area contributed by atoms with Gasteiger partial charge in [-0.05, 0) is 128 Å². The Balaban J connectivity index is 4.45. The number of carbonyl (C=O) groups excluding carboxylic acids is 3. The summed E-state index contributed by atoms with van der Waals surface area (Å²) in [5.74, 6) is -1.62. The molecule has 0 aliphatic heterocycles. The van der Waals surface area contributed by atoms with Gasteiger partial charge < -0.3 is 34.2 Å². The van der Waals surface area contributed by atoms with Crippen LogP contribution in [0.2, 0.25) is 0 Å². The maximum Gasteiger partial charge on any atom is 0.472 e. The molecule has 0 saturated carbocycles. The highest BCUT2D eigenvalue weighted by Gasteiger charge is 2.29. The van der Waals surface area contributed by atoms with Gasteiger partial charge in [0.25, 0.3) is 0 Å². The summed E-state index contributed by atoms with van der Waals surface area (Å²) >= 11 is 0. The number of unbranched alkanes of at least 4 members (excludes halogenated alkanes) is 25. The topological polar surface area (TPSA) is 231 Å². The van der Waals surface area contributed by atoms with E-state index in [0.717, 1.165) is 154 Å². The highest BCUT2D eigenvalue weighted by Crippen LogP contribution is 2.45. The minimum Gasteiger partial charge on any atom is -0.463 e. The molecule has 556 valence electrons. The maximum absolute atomic E-state index is 12.9. The normalized spacial score (nSPS) is 14.8. The van der Waals surface area contributed by atoms with Crippen molar-refractivity contribution in [3.8, 4) is 0 Å². The zero-order chi connectivity index (χ0) is 70.9. The van der Waals surface area contributed by atoms with Crippen molar-refractivity contribution in [2.24, 2.45) is 0 Å². The Bertz CT molecular complexity index is 2300. The summed E-state index contributed by atoms with van der Waals surface area (Å²) < 4.78 is 61.0. The molecule has 5 atom stereocenters. The lowest BCUT2D eigenvalue weighted by atomic mass is 10.0. The van der Waals surface area contributed by atoms with Crippen LogP contribution in [0.3, 0.4) is 0 Å². The van der Waals surface area contributed by atoms with E-state index >= 15 is 0 Å². The molecule has 5 unspecified atom stereocenters. The van der Waals surface area contributed by atoms with E-state index in [1.165, 1.54) is 77.0 Å². The first-order chi connectivity index (χ1) is 47.2. The van der Waals surface area contributed by atoms with Crippen LogP contribution < -0.4 is 0 Å². The van der Waals surface area contributed by atoms with Crippen LogP contribution in [-0.2, 0) is 55.8 Å². The van der Waals surface area contributed by atoms with E-state index in [-0.39, 0.29) is 19.3 Å². The van der Waals surface area contributed by atoms with Crippen molar-refractivity contribution in [1.29, 1.82) is 0 Å². The van der Waals surface area contributed by atoms with Crippen molar-refractivity contribution in [1.82, 2.24) is 0 Å². The average Bonchev–Trinajstić information content (AvgIpc) is 1.84. The van der Waals surface area contributed by atoms with E-state index in [4.69, 9.17) is 32.3 Å². The minimum absolute atomic E-state index is 0.0787. The zero-order valence-electron chi connectivity index (χ0n) is 60.5. The van der Waals surface area contributed by atoms with Gasteiger partial charge in [-0.1, -0.05) is 276 Å². The third-order valence-electron chi connectivity index (χ3n) is 15.4. The van der Waals surface area contributed by atoms with Crippen LogP contribution in [-0.4, -0.2) is 95.9 Å². The van der Waals surface area contributed by atoms with Crippen LogP contribution in [0.25, 0.3) is 0 Å². The molecule has 0 bridgehead atoms. The number of ether oxygens (including phenoxy) is 3. The maximum atomic E-state index is 12.9. The summed E-state index contributed by atoms with van der Waals surface area (Å²) in [6.45, 7) is 2.29. The average molecular weight is 1400 g/mol. The summed E-state index contributed by atoms with van der Waals surface area (Å²) in [4.78, 5) is 58.5. The molecule has 0 heterocycles. The predicted molar refractivity (Wildman–Crippen MR) is 399 cm³/mol. The number of aliphatic hydroxyl groups excluding tert-OH is 2. The molecule has 18 heteroatoms. The molecule has 97 heavy (non-hydrogen) atoms. The fraction of sp³-hybridized carbons (Fsp3) is 0.684. The second kappa shape index (κ2) is 71.5. The number of hydrogen-bond donors (Lipinski definition) is 4. The Morgan fingerprint density at radius 3 is 0.814 bits per heavy atom. The van der Waals surface area contributed by atoms with Gasteiger partial charge in [0.05, 0.1) is 26.4 Å². The molecule has 0 saturated heterocycles. The van der Waals surface area contributed by atoms with E-state index in [1.54, 1.807) is 0 Å². The number of aliphatic hydroxyl groups is 2. The van der Waals surface area contributed by atoms with E-state index < -0.39 is 91.5 Å². The molecule has 0 fully saturated rings. The molecule has 16 nitrogen and oxygen atoms in total. The molecule has 0 rings (SSSR count). The Morgan fingerprint density at radius 1 is 0.289 bits per heavy atom. The number of phosphoric ester groups is 2. The molecule has 0 aliphatic rings. The van der Waals surface area contributed by atoms with Gasteiger partial charge in [-0.15, -0.1) is 0 Å². The zero-order valence-corrected chi connectivity index (χ0v) is 62.2. The monoisotopic (exact) mass is 1400 g/mol. The van der Waals surface area contributed by atoms with Crippen LogP contribution in [0.5, 0.6) is 0 Å². The lowest BCUT2D eigenvalue weighted by molar-refractivity contribution is -0.161. The van der Waals surface area contributed by atoms with Gasteiger partial charge in [0, 0.05) is 19.3 Å². The molecular formula is C79H134O16P2. The van der Waals surface area contributed by atoms with Crippen molar-refractivity contribution in [2.45, 2.75) is 309 Å². The highest BCUT2D eigenvalue weighted by molar-refractivity contribution is 7.47. The molecule has 4 N–H and O–H groups in total. The molecule has 0 aliphatic carbocycles. The SMILES string of the molecule is CC/C=C\C/C=C\C/C=C\C/C=C\C/C=C\CCCCCCCCCCCCCCCCCC(=O)OCC(O)COP(=O)(O)OCC(O)COP(=O)(O)OCC(COC(=O)CCCCCCC/C=C\C/C=C\C/C=C\CC)OC(=O)CCCCCCC/C=C\C/C=C\C/C=C\CC. The van der Waals surface area contributed by atoms with Gasteiger partial charge in [-0.2, -0.15) is 0 Å². The van der Waals surface area contributed by atoms with Crippen molar-refractivity contribution in [3.05, 3.63) is 134 Å². The standard InChI is InChI=1S/C79H134O16P2/c1-4-7-10-13-16-19-22-25-28-29-30-31-32-33-34-35-36-37-38-39-40-41-42-43-46-48-50-53-56-59-62-65-77(82)89-68-74(80)69-91-96(85,86)92-70-75(81)71-93-97(87,88)94-73-76(95-79(84)67-64-61-58-55-52-49-45-27-24-21-18-15-12-9-6-3)72-90-78(83)66-63-60-57-54-51-47-44-26-23-20-17-14-11-8-5-2/h7-12,16-21,25-28,30-31,33-34,44-45,74-76,80-81H,4-6,13-15,22-24,29,32,35-43,46-73H2,1-3H3,(H,85,86)(H,87,88)/b10-7-,11-8-,12-9-,19-16-,20-17-,21-18-,28-25-,31-30-,34-33-,44-26-,45-27-. The van der Waals surface area contributed by atoms with Crippen LogP contribution in [0.4, 0.5) is 0 Å². The van der Waals surface area contributed by atoms with Crippen LogP contribution in [0, 0.1) is 0 Å². The van der Waals surface area contributed by atoms with Crippen LogP contribution >= 0.6 is 15.6 Å². The van der Waals surface area contributed by atoms with Gasteiger partial charge in [-0.3, -0.25) is 32.5 Å². The van der Waals surface area contributed by atoms with Gasteiger partial charge in [0.1, 0.15) is 25.4 Å². The minimum atomic E-state index is -4.94. The van der Waals surface area contributed by atoms with Crippen molar-refractivity contribution >= 4 is 33.6 Å². The molecular weight excluding hydrogens is 1270 g/mol. The molecule has 0 spiro atoms. The van der Waals surface area contributed by atoms with E-state index in [2.05, 4.69) is 154 Å². The lowest BCUT2D eigenvalue weighted by Crippen LogP contribution is -2.30. The lowest BCUT2D eigenvalue weighted by Gasteiger charge is -2.21. The van der Waals surface area contributed by atoms with E-state index in [1.807, 2.05) is 0 Å². The number of rotatable bonds is 70. The first-order valence-corrected chi connectivity index (χ1v) is 40.5. The fourth-order valence-corrected chi connectivity index (χ4v) is 11.3. The molecule has 0 aromatic carbocycles. The molecule has 0 radical (unpaired) electrons. The number of hydrogen-bond acceptors (Lipinski definition) is 14. The second-order valence-corrected chi connectivity index (χ2v) is 27.6. The summed E-state index contributed by atoms with van der Waals surface area (Å²) in [5, 5.41) is 20.6. The van der Waals surface area contributed by atoms with Gasteiger partial charge in [0.2, 0.25) is 0 Å². The van der Waals surface area contributed by atoms with Crippen molar-refractivity contribution in [3.63, 3.8) is 0 Å². The molecule has 0 amide bonds. The quantitative estimate of drug-likeness (QED) is 0.0146. The first-order valence-electron chi connectivity index (χ1n) is 37.5. The summed E-state index contributed by atoms with van der Waals surface area (Å²) in [7, 11) is -9.79. The number of esters is 3. The third-order valence-corrected chi connectivity index (χ3v) is 17.3. The second-order valence-electron chi connectivity index (χ2n) is 24.7. The largest absolute Gasteiger partial charge is 0.472 e. The van der Waals surface area contributed by atoms with Crippen LogP contribution in [0.1, 0.15) is 290 Å². The van der Waals surface area contributed by atoms with Gasteiger partial charge >= 0.3 is 33.6 Å². The van der Waals surface area contributed by atoms with E-state index in [0.29, 0.717) is 19.3 Å². The number of carbonyl (C=O) groups is 3. The third kappa shape index (κ3) is 72.8. The Kier molecular flexibility index (Phi) is 68.3. The van der Waals surface area contributed by atoms with Gasteiger partial charge in [-0.25, -0.2) is 9.13 Å². The van der Waals surface area contributed by atoms with Gasteiger partial charge in [0.15, 0.2) is 6.10 Å². The van der Waals surface area contributed by atoms with E-state index in [9.17, 15) is 43.5 Å². The highest BCUT2D eigenvalue weighted by atomic mass is 31.2. The Hall–Kier alpha value is -4.31. The molecule has 0 aromatic heterocycles. The van der Waals surface area contributed by atoms with Crippen molar-refractivity contribution in [2.75, 3.05) is 39.6 Å². The Morgan fingerprint density at radius 2 is 0.515 bits per heavy atom. The predicted octanol–water partition coefficient (Wildman–Crippen LogP) is 21.5. The van der Waals surface area contributed by atoms with Crippen LogP contribution in [0.15, 0.2) is 134 Å². The molecule has 0 aromatic rings. The summed E-state index contributed by atoms with van der Waals surface area (Å²) in [5.41, 5.74) is 0. The van der Waals surface area contributed by atoms with Crippen molar-refractivity contribution < 1.29 is 75.8 Å². The number of phosphoric acid groups is 2. The first kappa shape index (κ1) is 92.7. The smallest absolute Gasteiger partial charge is 0.463 e.